The normalized spacial score (nSPS) is 12.0. The van der Waals surface area contributed by atoms with Gasteiger partial charge in [-0.3, -0.25) is 4.79 Å². The van der Waals surface area contributed by atoms with Gasteiger partial charge in [0, 0.05) is 18.6 Å². The maximum absolute atomic E-state index is 13.2. The van der Waals surface area contributed by atoms with Crippen LogP contribution < -0.4 is 0 Å². The maximum Gasteiger partial charge on any atom is 0.313 e. The highest BCUT2D eigenvalue weighted by Crippen LogP contribution is 2.32. The molecule has 0 saturated carbocycles. The van der Waals surface area contributed by atoms with Crippen molar-refractivity contribution >= 4 is 16.9 Å². The molecule has 1 aromatic heterocycles. The van der Waals surface area contributed by atoms with Gasteiger partial charge < -0.3 is 9.67 Å². The molecule has 1 N–H and O–H groups in total. The highest BCUT2D eigenvalue weighted by molar-refractivity contribution is 5.92. The standard InChI is InChI=1S/C13H14FNO2/c1-13(2,12(16)17)10-7-15(3)11-6-8(14)4-5-9(10)11/h4-7H,1-3H3,(H,16,17). The van der Waals surface area contributed by atoms with Crippen LogP contribution in [0.4, 0.5) is 4.39 Å². The monoisotopic (exact) mass is 235 g/mol. The third-order valence-corrected chi connectivity index (χ3v) is 3.16. The van der Waals surface area contributed by atoms with Crippen molar-refractivity contribution in [2.75, 3.05) is 0 Å². The molecule has 0 saturated heterocycles. The Morgan fingerprint density at radius 3 is 2.65 bits per heavy atom. The van der Waals surface area contributed by atoms with Gasteiger partial charge in [0.15, 0.2) is 0 Å². The summed E-state index contributed by atoms with van der Waals surface area (Å²) in [6, 6.07) is 4.39. The minimum absolute atomic E-state index is 0.321. The summed E-state index contributed by atoms with van der Waals surface area (Å²) in [7, 11) is 1.78. The zero-order chi connectivity index (χ0) is 12.8. The topological polar surface area (TPSA) is 42.2 Å². The lowest BCUT2D eigenvalue weighted by Gasteiger charge is -2.18. The van der Waals surface area contributed by atoms with Crippen LogP contribution in [0.15, 0.2) is 24.4 Å². The van der Waals surface area contributed by atoms with E-state index in [0.717, 1.165) is 5.39 Å². The number of hydrogen-bond acceptors (Lipinski definition) is 1. The van der Waals surface area contributed by atoms with Crippen molar-refractivity contribution in [2.45, 2.75) is 19.3 Å². The summed E-state index contributed by atoms with van der Waals surface area (Å²) in [4.78, 5) is 11.3. The number of halogens is 1. The molecule has 4 heteroatoms. The number of aliphatic carboxylic acids is 1. The fourth-order valence-corrected chi connectivity index (χ4v) is 1.97. The lowest BCUT2D eigenvalue weighted by molar-refractivity contribution is -0.142. The molecular weight excluding hydrogens is 221 g/mol. The van der Waals surface area contributed by atoms with Crippen LogP contribution >= 0.6 is 0 Å². The van der Waals surface area contributed by atoms with Crippen molar-refractivity contribution in [3.05, 3.63) is 35.8 Å². The Labute approximate surface area is 98.5 Å². The summed E-state index contributed by atoms with van der Waals surface area (Å²) in [6.45, 7) is 3.29. The second kappa shape index (κ2) is 3.58. The van der Waals surface area contributed by atoms with Gasteiger partial charge in [0.2, 0.25) is 0 Å². The van der Waals surface area contributed by atoms with Crippen LogP contribution in [0.25, 0.3) is 10.9 Å². The lowest BCUT2D eigenvalue weighted by Crippen LogP contribution is -2.28. The number of aromatic nitrogens is 1. The van der Waals surface area contributed by atoms with Crippen molar-refractivity contribution in [2.24, 2.45) is 7.05 Å². The molecule has 0 bridgehead atoms. The molecule has 0 aliphatic carbocycles. The fourth-order valence-electron chi connectivity index (χ4n) is 1.97. The zero-order valence-electron chi connectivity index (χ0n) is 9.99. The van der Waals surface area contributed by atoms with Gasteiger partial charge >= 0.3 is 5.97 Å². The molecule has 1 heterocycles. The van der Waals surface area contributed by atoms with Crippen molar-refractivity contribution < 1.29 is 14.3 Å². The smallest absolute Gasteiger partial charge is 0.313 e. The molecule has 0 aliphatic rings. The molecule has 0 atom stereocenters. The zero-order valence-corrected chi connectivity index (χ0v) is 9.99. The predicted molar refractivity (Wildman–Crippen MR) is 63.5 cm³/mol. The third-order valence-electron chi connectivity index (χ3n) is 3.16. The van der Waals surface area contributed by atoms with Crippen LogP contribution in [0, 0.1) is 5.82 Å². The second-order valence-corrected chi connectivity index (χ2v) is 4.75. The number of rotatable bonds is 2. The Kier molecular flexibility index (Phi) is 2.45. The molecule has 0 amide bonds. The average Bonchev–Trinajstić information content (AvgIpc) is 2.56. The molecule has 2 rings (SSSR count). The Balaban J connectivity index is 2.76. The van der Waals surface area contributed by atoms with E-state index in [2.05, 4.69) is 0 Å². The van der Waals surface area contributed by atoms with Crippen LogP contribution in [-0.2, 0) is 17.3 Å². The van der Waals surface area contributed by atoms with Gasteiger partial charge in [-0.1, -0.05) is 0 Å². The van der Waals surface area contributed by atoms with Crippen LogP contribution in [0.2, 0.25) is 0 Å². The first-order valence-electron chi connectivity index (χ1n) is 5.32. The van der Waals surface area contributed by atoms with Gasteiger partial charge in [-0.25, -0.2) is 4.39 Å². The summed E-state index contributed by atoms with van der Waals surface area (Å²) < 4.78 is 14.9. The number of carboxylic acids is 1. The van der Waals surface area contributed by atoms with E-state index in [1.165, 1.54) is 12.1 Å². The molecule has 0 aliphatic heterocycles. The molecule has 3 nitrogen and oxygen atoms in total. The second-order valence-electron chi connectivity index (χ2n) is 4.75. The number of hydrogen-bond donors (Lipinski definition) is 1. The molecule has 17 heavy (non-hydrogen) atoms. The Bertz CT molecular complexity index is 599. The summed E-state index contributed by atoms with van der Waals surface area (Å²) >= 11 is 0. The fraction of sp³-hybridized carbons (Fsp3) is 0.308. The lowest BCUT2D eigenvalue weighted by atomic mass is 9.85. The van der Waals surface area contributed by atoms with E-state index in [9.17, 15) is 14.3 Å². The van der Waals surface area contributed by atoms with Crippen LogP contribution in [0.3, 0.4) is 0 Å². The maximum atomic E-state index is 13.2. The molecular formula is C13H14FNO2. The Morgan fingerprint density at radius 2 is 2.06 bits per heavy atom. The van der Waals surface area contributed by atoms with Crippen molar-refractivity contribution in [3.63, 3.8) is 0 Å². The first kappa shape index (κ1) is 11.6. The SMILES string of the molecule is Cn1cc(C(C)(C)C(=O)O)c2ccc(F)cc21. The van der Waals surface area contributed by atoms with E-state index in [-0.39, 0.29) is 5.82 Å². The molecule has 1 aromatic carbocycles. The molecule has 0 unspecified atom stereocenters. The number of benzene rings is 1. The van der Waals surface area contributed by atoms with E-state index >= 15 is 0 Å². The van der Waals surface area contributed by atoms with Crippen LogP contribution in [0.5, 0.6) is 0 Å². The number of nitrogens with zero attached hydrogens (tertiary/aromatic N) is 1. The molecule has 0 fully saturated rings. The van der Waals surface area contributed by atoms with Crippen LogP contribution in [-0.4, -0.2) is 15.6 Å². The predicted octanol–water partition coefficient (Wildman–Crippen LogP) is 2.68. The number of fused-ring (bicyclic) bond motifs is 1. The van der Waals surface area contributed by atoms with E-state index < -0.39 is 11.4 Å². The quantitative estimate of drug-likeness (QED) is 0.869. The summed E-state index contributed by atoms with van der Waals surface area (Å²) in [5.74, 6) is -1.22. The summed E-state index contributed by atoms with van der Waals surface area (Å²) in [6.07, 6.45) is 1.75. The van der Waals surface area contributed by atoms with E-state index in [4.69, 9.17) is 0 Å². The molecule has 0 spiro atoms. The van der Waals surface area contributed by atoms with Gasteiger partial charge in [0.1, 0.15) is 5.82 Å². The average molecular weight is 235 g/mol. The Hall–Kier alpha value is -1.84. The van der Waals surface area contributed by atoms with Gasteiger partial charge in [-0.2, -0.15) is 0 Å². The third kappa shape index (κ3) is 1.69. The van der Waals surface area contributed by atoms with E-state index in [1.807, 2.05) is 0 Å². The van der Waals surface area contributed by atoms with Crippen molar-refractivity contribution in [1.82, 2.24) is 4.57 Å². The van der Waals surface area contributed by atoms with Gasteiger partial charge in [-0.05, 0) is 37.6 Å². The molecule has 0 radical (unpaired) electrons. The Morgan fingerprint density at radius 1 is 1.41 bits per heavy atom. The van der Waals surface area contributed by atoms with E-state index in [1.54, 1.807) is 37.7 Å². The first-order valence-corrected chi connectivity index (χ1v) is 5.32. The minimum Gasteiger partial charge on any atom is -0.481 e. The minimum atomic E-state index is -0.989. The summed E-state index contributed by atoms with van der Waals surface area (Å²) in [5.41, 5.74) is 0.411. The number of carboxylic acid groups (broad SMARTS) is 1. The molecule has 90 valence electrons. The van der Waals surface area contributed by atoms with Gasteiger partial charge in [0.05, 0.1) is 10.9 Å². The van der Waals surface area contributed by atoms with Crippen molar-refractivity contribution in [1.29, 1.82) is 0 Å². The largest absolute Gasteiger partial charge is 0.481 e. The number of carbonyl (C=O) groups is 1. The van der Waals surface area contributed by atoms with E-state index in [0.29, 0.717) is 11.1 Å². The van der Waals surface area contributed by atoms with Gasteiger partial charge in [0.25, 0.3) is 0 Å². The first-order chi connectivity index (χ1) is 7.84. The van der Waals surface area contributed by atoms with Crippen molar-refractivity contribution in [3.8, 4) is 0 Å². The van der Waals surface area contributed by atoms with Crippen LogP contribution in [0.1, 0.15) is 19.4 Å². The van der Waals surface area contributed by atoms with Gasteiger partial charge in [-0.15, -0.1) is 0 Å². The number of aryl methyl sites for hydroxylation is 1. The molecule has 2 aromatic rings. The highest BCUT2D eigenvalue weighted by Gasteiger charge is 2.32. The highest BCUT2D eigenvalue weighted by atomic mass is 19.1. The summed E-state index contributed by atoms with van der Waals surface area (Å²) in [5, 5.41) is 10.0.